The minimum atomic E-state index is 0.871. The van der Waals surface area contributed by atoms with E-state index in [0.29, 0.717) is 0 Å². The summed E-state index contributed by atoms with van der Waals surface area (Å²) in [6.07, 6.45) is 3.91. The molecule has 61 heavy (non-hydrogen) atoms. The van der Waals surface area contributed by atoms with Gasteiger partial charge in [-0.3, -0.25) is 4.98 Å². The van der Waals surface area contributed by atoms with Crippen LogP contribution in [-0.2, 0) is 0 Å². The molecule has 0 aliphatic heterocycles. The number of aromatic nitrogens is 3. The number of hydrogen-bond acceptors (Lipinski definition) is 4. The van der Waals surface area contributed by atoms with Crippen LogP contribution in [0.25, 0.3) is 111 Å². The van der Waals surface area contributed by atoms with E-state index in [1.165, 1.54) is 0 Å². The summed E-state index contributed by atoms with van der Waals surface area (Å²) in [4.78, 5) is 15.3. The molecule has 0 N–H and O–H groups in total. The van der Waals surface area contributed by atoms with Crippen LogP contribution in [-0.4, -0.2) is 15.0 Å². The molecule has 0 saturated heterocycles. The molecule has 286 valence electrons. The molecular weight excluding hydrogens is 743 g/mol. The lowest BCUT2D eigenvalue weighted by molar-refractivity contribution is 0.669. The SMILES string of the molecule is c1ccc(-c2cc(-c3cc(-c4cncc(-c5ccc6oc7ccccc7c6c5)c4)cc(-c4cc(-c5ccccc5)nc(-c5ccccc5)c4)c3)cc(-c3ccccc3)n2)cc1. The number of hydrogen-bond donors (Lipinski definition) is 0. The first-order chi connectivity index (χ1) is 30.2. The molecule has 0 fully saturated rings. The maximum absolute atomic E-state index is 6.17. The third-order valence-electron chi connectivity index (χ3n) is 11.3. The van der Waals surface area contributed by atoms with E-state index in [1.54, 1.807) is 0 Å². The highest BCUT2D eigenvalue weighted by molar-refractivity contribution is 6.06. The van der Waals surface area contributed by atoms with Crippen molar-refractivity contribution in [3.63, 3.8) is 0 Å². The summed E-state index contributed by atoms with van der Waals surface area (Å²) < 4.78 is 6.17. The van der Waals surface area contributed by atoms with E-state index in [9.17, 15) is 0 Å². The molecule has 4 heteroatoms. The third kappa shape index (κ3) is 7.17. The molecule has 11 rings (SSSR count). The van der Waals surface area contributed by atoms with Gasteiger partial charge in [0.2, 0.25) is 0 Å². The minimum absolute atomic E-state index is 0.871. The van der Waals surface area contributed by atoms with E-state index < -0.39 is 0 Å². The Morgan fingerprint density at radius 3 is 1.08 bits per heavy atom. The van der Waals surface area contributed by atoms with Crippen LogP contribution in [0.1, 0.15) is 0 Å². The van der Waals surface area contributed by atoms with Crippen LogP contribution in [0.5, 0.6) is 0 Å². The maximum Gasteiger partial charge on any atom is 0.135 e. The molecule has 0 aliphatic carbocycles. The second-order valence-corrected chi connectivity index (χ2v) is 15.3. The summed E-state index contributed by atoms with van der Waals surface area (Å²) in [5, 5.41) is 2.19. The monoisotopic (exact) mass is 779 g/mol. The zero-order valence-corrected chi connectivity index (χ0v) is 33.1. The summed E-state index contributed by atoms with van der Waals surface area (Å²) in [5.74, 6) is 0. The molecule has 11 aromatic rings. The predicted molar refractivity (Wildman–Crippen MR) is 251 cm³/mol. The van der Waals surface area contributed by atoms with Gasteiger partial charge in [-0.1, -0.05) is 146 Å². The lowest BCUT2D eigenvalue weighted by atomic mass is 9.91. The third-order valence-corrected chi connectivity index (χ3v) is 11.3. The quantitative estimate of drug-likeness (QED) is 0.154. The van der Waals surface area contributed by atoms with Crippen molar-refractivity contribution in [2.75, 3.05) is 0 Å². The summed E-state index contributed by atoms with van der Waals surface area (Å²) in [7, 11) is 0. The molecule has 0 atom stereocenters. The molecule has 0 radical (unpaired) electrons. The van der Waals surface area contributed by atoms with Gasteiger partial charge in [-0.2, -0.15) is 0 Å². The van der Waals surface area contributed by atoms with E-state index in [0.717, 1.165) is 111 Å². The number of pyridine rings is 3. The first-order valence-corrected chi connectivity index (χ1v) is 20.5. The first kappa shape index (κ1) is 35.9. The Morgan fingerprint density at radius 2 is 0.607 bits per heavy atom. The number of rotatable bonds is 8. The zero-order chi connectivity index (χ0) is 40.5. The van der Waals surface area contributed by atoms with Crippen molar-refractivity contribution in [3.05, 3.63) is 225 Å². The van der Waals surface area contributed by atoms with Gasteiger partial charge in [0, 0.05) is 56.5 Å². The van der Waals surface area contributed by atoms with Gasteiger partial charge >= 0.3 is 0 Å². The molecule has 7 aromatic carbocycles. The van der Waals surface area contributed by atoms with E-state index in [2.05, 4.69) is 176 Å². The highest BCUT2D eigenvalue weighted by Gasteiger charge is 2.16. The molecule has 0 unspecified atom stereocenters. The fourth-order valence-electron chi connectivity index (χ4n) is 8.21. The summed E-state index contributed by atoms with van der Waals surface area (Å²) in [6, 6.07) is 74.2. The second kappa shape index (κ2) is 15.5. The number of furan rings is 1. The standard InChI is InChI=1S/C57H37N3O/c1-5-15-38(16-6-1)52-32-46(33-53(59-52)39-17-7-2-8-18-39)43-27-44(47-34-54(40-19-9-3-10-20-40)60-55(35-47)41-21-11-4-12-22-41)29-45(28-43)49-30-48(36-58-37-49)42-25-26-57-51(31-42)50-23-13-14-24-56(50)61-57/h1-37H. The Kier molecular flexibility index (Phi) is 9.14. The maximum atomic E-state index is 6.17. The van der Waals surface area contributed by atoms with Crippen molar-refractivity contribution >= 4 is 21.9 Å². The smallest absolute Gasteiger partial charge is 0.135 e. The highest BCUT2D eigenvalue weighted by Crippen LogP contribution is 2.39. The van der Waals surface area contributed by atoms with Crippen molar-refractivity contribution in [1.82, 2.24) is 15.0 Å². The molecule has 4 nitrogen and oxygen atoms in total. The van der Waals surface area contributed by atoms with Crippen molar-refractivity contribution in [2.45, 2.75) is 0 Å². The predicted octanol–water partition coefficient (Wildman–Crippen LogP) is 15.1. The van der Waals surface area contributed by atoms with Crippen LogP contribution >= 0.6 is 0 Å². The van der Waals surface area contributed by atoms with Gasteiger partial charge in [-0.25, -0.2) is 9.97 Å². The van der Waals surface area contributed by atoms with Gasteiger partial charge in [-0.15, -0.1) is 0 Å². The largest absolute Gasteiger partial charge is 0.456 e. The van der Waals surface area contributed by atoms with Crippen molar-refractivity contribution in [1.29, 1.82) is 0 Å². The number of para-hydroxylation sites is 1. The molecule has 0 amide bonds. The fraction of sp³-hybridized carbons (Fsp3) is 0. The van der Waals surface area contributed by atoms with Crippen LogP contribution < -0.4 is 0 Å². The minimum Gasteiger partial charge on any atom is -0.456 e. The van der Waals surface area contributed by atoms with Crippen LogP contribution in [0.15, 0.2) is 229 Å². The number of benzene rings is 7. The average Bonchev–Trinajstić information content (AvgIpc) is 3.73. The van der Waals surface area contributed by atoms with Gasteiger partial charge < -0.3 is 4.42 Å². The number of fused-ring (bicyclic) bond motifs is 3. The summed E-state index contributed by atoms with van der Waals surface area (Å²) in [6.45, 7) is 0. The van der Waals surface area contributed by atoms with Gasteiger partial charge in [0.25, 0.3) is 0 Å². The van der Waals surface area contributed by atoms with Gasteiger partial charge in [-0.05, 0) is 100 Å². The Morgan fingerprint density at radius 1 is 0.246 bits per heavy atom. The molecule has 0 spiro atoms. The Bertz CT molecular complexity index is 3080. The Hall–Kier alpha value is -8.21. The van der Waals surface area contributed by atoms with Crippen LogP contribution in [0.3, 0.4) is 0 Å². The van der Waals surface area contributed by atoms with E-state index in [4.69, 9.17) is 19.4 Å². The Labute approximate surface area is 354 Å². The topological polar surface area (TPSA) is 51.8 Å². The fourth-order valence-corrected chi connectivity index (χ4v) is 8.21. The van der Waals surface area contributed by atoms with Gasteiger partial charge in [0.1, 0.15) is 11.2 Å². The second-order valence-electron chi connectivity index (χ2n) is 15.3. The molecule has 0 bridgehead atoms. The molecule has 4 aromatic heterocycles. The van der Waals surface area contributed by atoms with Crippen LogP contribution in [0, 0.1) is 0 Å². The lowest BCUT2D eigenvalue weighted by Crippen LogP contribution is -1.94. The van der Waals surface area contributed by atoms with Gasteiger partial charge in [0.05, 0.1) is 22.8 Å². The normalized spacial score (nSPS) is 11.3. The van der Waals surface area contributed by atoms with Crippen LogP contribution in [0.4, 0.5) is 0 Å². The van der Waals surface area contributed by atoms with Crippen molar-refractivity contribution < 1.29 is 4.42 Å². The average molecular weight is 780 g/mol. The first-order valence-electron chi connectivity index (χ1n) is 20.5. The van der Waals surface area contributed by atoms with Crippen molar-refractivity contribution in [3.8, 4) is 89.5 Å². The molecule has 0 saturated carbocycles. The van der Waals surface area contributed by atoms with E-state index in [1.807, 2.05) is 48.8 Å². The summed E-state index contributed by atoms with van der Waals surface area (Å²) >= 11 is 0. The summed E-state index contributed by atoms with van der Waals surface area (Å²) in [5.41, 5.74) is 18.1. The van der Waals surface area contributed by atoms with Crippen LogP contribution in [0.2, 0.25) is 0 Å². The lowest BCUT2D eigenvalue weighted by Gasteiger charge is -2.15. The molecular formula is C57H37N3O. The van der Waals surface area contributed by atoms with Crippen molar-refractivity contribution in [2.24, 2.45) is 0 Å². The zero-order valence-electron chi connectivity index (χ0n) is 33.1. The number of nitrogens with zero attached hydrogens (tertiary/aromatic N) is 3. The highest BCUT2D eigenvalue weighted by atomic mass is 16.3. The van der Waals surface area contributed by atoms with Gasteiger partial charge in [0.15, 0.2) is 0 Å². The Balaban J connectivity index is 1.12. The molecule has 4 heterocycles. The van der Waals surface area contributed by atoms with E-state index in [-0.39, 0.29) is 0 Å². The van der Waals surface area contributed by atoms with E-state index >= 15 is 0 Å². The molecule has 0 aliphatic rings.